The van der Waals surface area contributed by atoms with Gasteiger partial charge in [-0.1, -0.05) is 0 Å². The van der Waals surface area contributed by atoms with Gasteiger partial charge in [0.15, 0.2) is 0 Å². The van der Waals surface area contributed by atoms with Crippen LogP contribution >= 0.6 is 0 Å². The van der Waals surface area contributed by atoms with E-state index in [1.165, 1.54) is 0 Å². The van der Waals surface area contributed by atoms with Crippen LogP contribution in [0.15, 0.2) is 0 Å². The summed E-state index contributed by atoms with van der Waals surface area (Å²) in [5.74, 6) is 0. The number of rotatable bonds is 0. The molecular formula is O15Si5V2Zr2-10. The zero-order valence-corrected chi connectivity index (χ0v) is 23.2. The Morgan fingerprint density at radius 2 is 0.333 bits per heavy atom. The monoisotopic (exact) mass is 662 g/mol. The zero-order chi connectivity index (χ0) is 17.9. The van der Waals surface area contributed by atoms with Crippen molar-refractivity contribution in [1.29, 1.82) is 0 Å². The van der Waals surface area contributed by atoms with E-state index in [1.54, 1.807) is 0 Å². The molecule has 0 heterocycles. The molecule has 2 radical (unpaired) electrons. The van der Waals surface area contributed by atoms with Crippen molar-refractivity contribution in [2.45, 2.75) is 0 Å². The molecule has 0 rings (SSSR count). The molecule has 0 amide bonds. The smallest absolute Gasteiger partial charge is 0.0172 e. The first-order valence-electron chi connectivity index (χ1n) is 3.06. The molecule has 0 fully saturated rings. The minimum absolute atomic E-state index is 0. The Kier molecular flexibility index (Phi) is 116. The molecule has 24 heavy (non-hydrogen) atoms. The molecule has 24 heteroatoms. The zero-order valence-electron chi connectivity index (χ0n) is 10.5. The topological polar surface area (TPSA) is 316 Å². The Balaban J connectivity index is -0.0000000161. The van der Waals surface area contributed by atoms with Crippen molar-refractivity contribution in [3.05, 3.63) is 0 Å². The second-order valence-corrected chi connectivity index (χ2v) is 3.75. The summed E-state index contributed by atoms with van der Waals surface area (Å²) in [5, 5.41) is 0. The van der Waals surface area contributed by atoms with Crippen molar-refractivity contribution in [2.75, 3.05) is 0 Å². The third-order valence-corrected chi connectivity index (χ3v) is 0. The summed E-state index contributed by atoms with van der Waals surface area (Å²) < 4.78 is 42.6. The van der Waals surface area contributed by atoms with Crippen LogP contribution in [0.25, 0.3) is 0 Å². The Hall–Kier alpha value is 1.02. The summed E-state index contributed by atoms with van der Waals surface area (Å²) in [6.07, 6.45) is 0. The van der Waals surface area contributed by atoms with Crippen LogP contribution in [-0.4, -0.2) is 45.9 Å². The van der Waals surface area contributed by atoms with Crippen LogP contribution in [0, 0.1) is 0 Å². The third-order valence-electron chi connectivity index (χ3n) is 0. The van der Waals surface area contributed by atoms with Gasteiger partial charge in [0.05, 0.1) is 0 Å². The molecule has 0 aliphatic heterocycles. The Morgan fingerprint density at radius 3 is 0.333 bits per heavy atom. The second kappa shape index (κ2) is 49.6. The van der Waals surface area contributed by atoms with Crippen molar-refractivity contribution < 1.29 is 160 Å². The fraction of sp³-hybridized carbons (Fsp3) is 0. The quantitative estimate of drug-likeness (QED) is 0.217. The Bertz CT molecular complexity index is 221. The first kappa shape index (κ1) is 56.2. The molecule has 0 aromatic heterocycles. The van der Waals surface area contributed by atoms with Gasteiger partial charge in [0.25, 0.3) is 0 Å². The first-order valence-corrected chi connectivity index (χ1v) is 9.19. The van der Waals surface area contributed by atoms with E-state index in [2.05, 4.69) is 0 Å². The van der Waals surface area contributed by atoms with Gasteiger partial charge in [-0.05, 0) is 0 Å². The van der Waals surface area contributed by atoms with Gasteiger partial charge < -0.3 is 70.3 Å². The van der Waals surface area contributed by atoms with E-state index in [-0.39, 0.29) is 89.5 Å². The van der Waals surface area contributed by atoms with E-state index < -0.39 is 45.9 Å². The van der Waals surface area contributed by atoms with Gasteiger partial charge in [0.2, 0.25) is 0 Å². The van der Waals surface area contributed by atoms with E-state index >= 15 is 0 Å². The van der Waals surface area contributed by atoms with Crippen molar-refractivity contribution >= 4 is 45.9 Å². The molecule has 0 saturated heterocycles. The van der Waals surface area contributed by atoms with Crippen LogP contribution < -0.4 is 48.0 Å². The molecule has 0 aliphatic carbocycles. The number of hydrogen-bond donors (Lipinski definition) is 0. The van der Waals surface area contributed by atoms with Gasteiger partial charge in [-0.15, -0.1) is 0 Å². The summed E-state index contributed by atoms with van der Waals surface area (Å²) in [7, 11) is -18.1. The summed E-state index contributed by atoms with van der Waals surface area (Å²) in [6, 6.07) is 0. The molecular weight excluding hydrogens is 665 g/mol. The van der Waals surface area contributed by atoms with E-state index in [0.29, 0.717) is 0 Å². The molecule has 138 valence electrons. The van der Waals surface area contributed by atoms with Gasteiger partial charge >= 0.3 is 0 Å². The van der Waals surface area contributed by atoms with E-state index in [9.17, 15) is 0 Å². The summed E-state index contributed by atoms with van der Waals surface area (Å²) in [4.78, 5) is 85.2. The average molecular weight is 665 g/mol. The average Bonchev–Trinajstić information content (AvgIpc) is 1.94. The third kappa shape index (κ3) is 10700. The standard InChI is InChI=1S/5O3Si.2V.2Zr/c5*1-4(2)3;;;;/q5*-2;;;;. The van der Waals surface area contributed by atoms with Crippen LogP contribution in [0.1, 0.15) is 0 Å². The predicted molar refractivity (Wildman–Crippen MR) is 32.2 cm³/mol. The fourth-order valence-electron chi connectivity index (χ4n) is 0. The van der Waals surface area contributed by atoms with Gasteiger partial charge in [-0.25, -0.2) is 0 Å². The molecule has 0 atom stereocenters. The molecule has 0 aromatic carbocycles. The van der Waals surface area contributed by atoms with Crippen molar-refractivity contribution in [3.8, 4) is 0 Å². The predicted octanol–water partition coefficient (Wildman–Crippen LogP) is -14.4. The van der Waals surface area contributed by atoms with Crippen LogP contribution in [0.5, 0.6) is 0 Å². The molecule has 0 aromatic rings. The van der Waals surface area contributed by atoms with Crippen LogP contribution in [-0.2, 0) is 112 Å². The molecule has 0 aliphatic rings. The van der Waals surface area contributed by atoms with Gasteiger partial charge in [-0.3, -0.25) is 0 Å². The maximum Gasteiger partial charge on any atom is 0.0172 e. The Labute approximate surface area is 203 Å². The molecule has 15 nitrogen and oxygen atoms in total. The fourth-order valence-corrected chi connectivity index (χ4v) is 0. The normalized spacial score (nSPS) is 5.00. The van der Waals surface area contributed by atoms with Gasteiger partial charge in [-0.2, -0.15) is 0 Å². The van der Waals surface area contributed by atoms with Crippen LogP contribution in [0.4, 0.5) is 0 Å². The van der Waals surface area contributed by atoms with Crippen molar-refractivity contribution in [1.82, 2.24) is 0 Å². The molecule has 0 N–H and O–H groups in total. The Morgan fingerprint density at radius 1 is 0.333 bits per heavy atom. The summed E-state index contributed by atoms with van der Waals surface area (Å²) in [6.45, 7) is 0. The van der Waals surface area contributed by atoms with Gasteiger partial charge in [0.1, 0.15) is 0 Å². The van der Waals surface area contributed by atoms with Crippen LogP contribution in [0.3, 0.4) is 0 Å². The van der Waals surface area contributed by atoms with Crippen molar-refractivity contribution in [2.24, 2.45) is 0 Å². The maximum absolute atomic E-state index is 8.52. The molecule has 0 bridgehead atoms. The van der Waals surface area contributed by atoms with E-state index in [4.69, 9.17) is 70.3 Å². The van der Waals surface area contributed by atoms with E-state index in [0.717, 1.165) is 0 Å². The first-order chi connectivity index (χ1) is 8.66. The van der Waals surface area contributed by atoms with Gasteiger partial charge in [0, 0.05) is 135 Å². The maximum atomic E-state index is 8.52. The summed E-state index contributed by atoms with van der Waals surface area (Å²) in [5.41, 5.74) is 0. The number of hydrogen-bond acceptors (Lipinski definition) is 15. The molecule has 0 saturated carbocycles. The second-order valence-electron chi connectivity index (χ2n) is 1.25. The summed E-state index contributed by atoms with van der Waals surface area (Å²) >= 11 is 0. The molecule has 0 spiro atoms. The van der Waals surface area contributed by atoms with E-state index in [1.807, 2.05) is 0 Å². The van der Waals surface area contributed by atoms with Crippen molar-refractivity contribution in [3.63, 3.8) is 0 Å². The largest absolute Gasteiger partial charge is 0.672 e. The SMILES string of the molecule is O=[Si]([O-])[O-].O=[Si]([O-])[O-].O=[Si]([O-])[O-].O=[Si]([O-])[O-].O=[Si]([O-])[O-].[V].[V].[Zr].[Zr]. The minimum Gasteiger partial charge on any atom is -0.672 e. The molecule has 0 unspecified atom stereocenters. The minimum atomic E-state index is -3.63. The van der Waals surface area contributed by atoms with Crippen LogP contribution in [0.2, 0.25) is 0 Å².